The Morgan fingerprint density at radius 1 is 0.958 bits per heavy atom. The summed E-state index contributed by atoms with van der Waals surface area (Å²) in [6.07, 6.45) is 1.40. The number of aryl methyl sites for hydroxylation is 2. The van der Waals surface area contributed by atoms with Crippen molar-refractivity contribution in [2.45, 2.75) is 52.9 Å². The number of hydrogen-bond donors (Lipinski definition) is 0. The van der Waals surface area contributed by atoms with Gasteiger partial charge >= 0.3 is 0 Å². The van der Waals surface area contributed by atoms with Crippen LogP contribution >= 0.6 is 0 Å². The van der Waals surface area contributed by atoms with Crippen molar-refractivity contribution in [3.63, 3.8) is 0 Å². The summed E-state index contributed by atoms with van der Waals surface area (Å²) < 4.78 is 5.89. The van der Waals surface area contributed by atoms with Crippen LogP contribution in [0.5, 0.6) is 5.75 Å². The molecule has 0 aromatic heterocycles. The highest BCUT2D eigenvalue weighted by molar-refractivity contribution is 6.03. The summed E-state index contributed by atoms with van der Waals surface area (Å²) >= 11 is 0. The molecule has 0 radical (unpaired) electrons. The first-order valence-corrected chi connectivity index (χ1v) is 8.58. The standard InChI is InChI=1S/C22H26O2/c1-13-9-14(2)11-15(10-13)20-16-7-8-19(23)17(16)12-18(21(20)24-6)22(3,4)5/h9-12H,7-8H2,1-6H3. The van der Waals surface area contributed by atoms with Gasteiger partial charge in [-0.05, 0) is 42.9 Å². The molecule has 2 heteroatoms. The lowest BCUT2D eigenvalue weighted by atomic mass is 9.81. The second-order valence-corrected chi connectivity index (χ2v) is 7.91. The van der Waals surface area contributed by atoms with Gasteiger partial charge in [-0.25, -0.2) is 0 Å². The largest absolute Gasteiger partial charge is 0.496 e. The number of methoxy groups -OCH3 is 1. The number of hydrogen-bond acceptors (Lipinski definition) is 2. The van der Waals surface area contributed by atoms with Crippen LogP contribution in [0.15, 0.2) is 24.3 Å². The van der Waals surface area contributed by atoms with Crippen molar-refractivity contribution >= 4 is 5.78 Å². The highest BCUT2D eigenvalue weighted by Gasteiger charge is 2.31. The predicted molar refractivity (Wildman–Crippen MR) is 99.3 cm³/mol. The first kappa shape index (κ1) is 16.8. The van der Waals surface area contributed by atoms with Gasteiger partial charge in [-0.1, -0.05) is 50.1 Å². The van der Waals surface area contributed by atoms with Crippen molar-refractivity contribution in [3.8, 4) is 16.9 Å². The van der Waals surface area contributed by atoms with Gasteiger partial charge in [-0.15, -0.1) is 0 Å². The minimum atomic E-state index is -0.0864. The van der Waals surface area contributed by atoms with Crippen LogP contribution in [0.2, 0.25) is 0 Å². The number of rotatable bonds is 2. The summed E-state index contributed by atoms with van der Waals surface area (Å²) in [7, 11) is 1.74. The molecule has 2 aromatic rings. The fourth-order valence-electron chi connectivity index (χ4n) is 3.78. The van der Waals surface area contributed by atoms with E-state index in [1.807, 2.05) is 0 Å². The van der Waals surface area contributed by atoms with E-state index in [4.69, 9.17) is 4.74 Å². The second-order valence-electron chi connectivity index (χ2n) is 7.91. The van der Waals surface area contributed by atoms with E-state index in [-0.39, 0.29) is 11.2 Å². The molecule has 0 heterocycles. The predicted octanol–water partition coefficient (Wildman–Crippen LogP) is 5.41. The summed E-state index contributed by atoms with van der Waals surface area (Å²) in [5.41, 5.74) is 7.77. The van der Waals surface area contributed by atoms with E-state index in [2.05, 4.69) is 58.9 Å². The van der Waals surface area contributed by atoms with Gasteiger partial charge < -0.3 is 4.74 Å². The first-order chi connectivity index (χ1) is 11.2. The maximum Gasteiger partial charge on any atom is 0.163 e. The van der Waals surface area contributed by atoms with Gasteiger partial charge in [0, 0.05) is 23.1 Å². The number of Topliss-reactive ketones (excluding diaryl/α,β-unsaturated/α-hetero) is 1. The SMILES string of the molecule is COc1c(C(C)(C)C)cc2c(c1-c1cc(C)cc(C)c1)CCC2=O. The van der Waals surface area contributed by atoms with Crippen LogP contribution in [-0.4, -0.2) is 12.9 Å². The number of benzene rings is 2. The molecule has 0 unspecified atom stereocenters. The number of ether oxygens (including phenoxy) is 1. The number of fused-ring (bicyclic) bond motifs is 1. The Hall–Kier alpha value is -2.09. The Bertz CT molecular complexity index is 803. The lowest BCUT2D eigenvalue weighted by molar-refractivity contribution is 0.0994. The van der Waals surface area contributed by atoms with Crippen molar-refractivity contribution in [2.75, 3.05) is 7.11 Å². The van der Waals surface area contributed by atoms with Gasteiger partial charge in [0.25, 0.3) is 0 Å². The zero-order chi connectivity index (χ0) is 17.6. The normalized spacial score (nSPS) is 14.0. The van der Waals surface area contributed by atoms with Crippen LogP contribution in [0.1, 0.15) is 59.8 Å². The minimum absolute atomic E-state index is 0.0864. The molecule has 1 aliphatic carbocycles. The topological polar surface area (TPSA) is 26.3 Å². The zero-order valence-electron chi connectivity index (χ0n) is 15.5. The third-order valence-electron chi connectivity index (χ3n) is 4.81. The Morgan fingerprint density at radius 3 is 2.12 bits per heavy atom. The van der Waals surface area contributed by atoms with Crippen LogP contribution in [0, 0.1) is 13.8 Å². The van der Waals surface area contributed by atoms with E-state index in [1.54, 1.807) is 7.11 Å². The molecule has 126 valence electrons. The molecule has 0 N–H and O–H groups in total. The highest BCUT2D eigenvalue weighted by atomic mass is 16.5. The van der Waals surface area contributed by atoms with E-state index in [0.29, 0.717) is 6.42 Å². The van der Waals surface area contributed by atoms with Crippen molar-refractivity contribution in [1.82, 2.24) is 0 Å². The summed E-state index contributed by atoms with van der Waals surface area (Å²) in [4.78, 5) is 12.4. The Labute approximate surface area is 144 Å². The van der Waals surface area contributed by atoms with Crippen LogP contribution in [0.4, 0.5) is 0 Å². The van der Waals surface area contributed by atoms with Gasteiger partial charge in [0.15, 0.2) is 5.78 Å². The van der Waals surface area contributed by atoms with E-state index in [1.165, 1.54) is 11.1 Å². The Morgan fingerprint density at radius 2 is 1.58 bits per heavy atom. The van der Waals surface area contributed by atoms with Crippen LogP contribution in [0.3, 0.4) is 0 Å². The van der Waals surface area contributed by atoms with Gasteiger partial charge in [-0.2, -0.15) is 0 Å². The summed E-state index contributed by atoms with van der Waals surface area (Å²) in [5.74, 6) is 1.17. The van der Waals surface area contributed by atoms with E-state index in [0.717, 1.165) is 40.0 Å². The summed E-state index contributed by atoms with van der Waals surface area (Å²) in [6, 6.07) is 8.63. The number of ketones is 1. The Kier molecular flexibility index (Phi) is 4.03. The maximum absolute atomic E-state index is 12.4. The number of carbonyl (C=O) groups is 1. The van der Waals surface area contributed by atoms with Crippen LogP contribution in [-0.2, 0) is 11.8 Å². The smallest absolute Gasteiger partial charge is 0.163 e. The van der Waals surface area contributed by atoms with Crippen LogP contribution in [0.25, 0.3) is 11.1 Å². The molecule has 0 saturated heterocycles. The zero-order valence-corrected chi connectivity index (χ0v) is 15.5. The molecule has 24 heavy (non-hydrogen) atoms. The molecule has 0 amide bonds. The van der Waals surface area contributed by atoms with Gasteiger partial charge in [0.1, 0.15) is 5.75 Å². The average molecular weight is 322 g/mol. The van der Waals surface area contributed by atoms with Crippen molar-refractivity contribution in [2.24, 2.45) is 0 Å². The summed E-state index contributed by atoms with van der Waals surface area (Å²) in [6.45, 7) is 10.7. The summed E-state index contributed by atoms with van der Waals surface area (Å²) in [5, 5.41) is 0. The molecule has 3 rings (SSSR count). The van der Waals surface area contributed by atoms with Gasteiger partial charge in [0.2, 0.25) is 0 Å². The van der Waals surface area contributed by atoms with E-state index in [9.17, 15) is 4.79 Å². The third-order valence-corrected chi connectivity index (χ3v) is 4.81. The van der Waals surface area contributed by atoms with Gasteiger partial charge in [-0.3, -0.25) is 4.79 Å². The monoisotopic (exact) mass is 322 g/mol. The fourth-order valence-corrected chi connectivity index (χ4v) is 3.78. The molecule has 0 spiro atoms. The average Bonchev–Trinajstić information content (AvgIpc) is 2.84. The van der Waals surface area contributed by atoms with Crippen molar-refractivity contribution < 1.29 is 9.53 Å². The lowest BCUT2D eigenvalue weighted by Gasteiger charge is -2.26. The highest BCUT2D eigenvalue weighted by Crippen LogP contribution is 2.45. The van der Waals surface area contributed by atoms with Gasteiger partial charge in [0.05, 0.1) is 7.11 Å². The maximum atomic E-state index is 12.4. The van der Waals surface area contributed by atoms with E-state index >= 15 is 0 Å². The Balaban J connectivity index is 2.41. The molecule has 2 aromatic carbocycles. The lowest BCUT2D eigenvalue weighted by Crippen LogP contribution is -2.15. The molecule has 2 nitrogen and oxygen atoms in total. The van der Waals surface area contributed by atoms with E-state index < -0.39 is 0 Å². The molecular formula is C22H26O2. The number of carbonyl (C=O) groups excluding carboxylic acids is 1. The van der Waals surface area contributed by atoms with Crippen molar-refractivity contribution in [3.05, 3.63) is 52.1 Å². The van der Waals surface area contributed by atoms with Crippen LogP contribution < -0.4 is 4.74 Å². The molecule has 0 fully saturated rings. The fraction of sp³-hybridized carbons (Fsp3) is 0.409. The molecule has 0 aliphatic heterocycles. The molecule has 0 saturated carbocycles. The molecular weight excluding hydrogens is 296 g/mol. The molecule has 0 bridgehead atoms. The van der Waals surface area contributed by atoms with Crippen molar-refractivity contribution in [1.29, 1.82) is 0 Å². The first-order valence-electron chi connectivity index (χ1n) is 8.58. The molecule has 1 aliphatic rings. The minimum Gasteiger partial charge on any atom is -0.496 e. The third kappa shape index (κ3) is 2.75. The quantitative estimate of drug-likeness (QED) is 0.739. The molecule has 0 atom stereocenters. The second kappa shape index (κ2) is 5.77.